The molecule has 0 atom stereocenters. The molecule has 0 amide bonds. The van der Waals surface area contributed by atoms with Gasteiger partial charge in [-0.2, -0.15) is 0 Å². The molecule has 0 saturated carbocycles. The monoisotopic (exact) mass is 211 g/mol. The summed E-state index contributed by atoms with van der Waals surface area (Å²) in [5.41, 5.74) is 6.67. The van der Waals surface area contributed by atoms with Gasteiger partial charge in [-0.1, -0.05) is 11.6 Å². The quantitative estimate of drug-likeness (QED) is 0.761. The SMILES string of the molecule is Nc1ncc(-c2cc(F)cc(Cl)c2)[nH]1. The van der Waals surface area contributed by atoms with Crippen LogP contribution in [0.1, 0.15) is 0 Å². The van der Waals surface area contributed by atoms with Gasteiger partial charge in [-0.3, -0.25) is 0 Å². The van der Waals surface area contributed by atoms with E-state index in [1.807, 2.05) is 0 Å². The molecule has 3 N–H and O–H groups in total. The van der Waals surface area contributed by atoms with Gasteiger partial charge >= 0.3 is 0 Å². The maximum atomic E-state index is 13.0. The summed E-state index contributed by atoms with van der Waals surface area (Å²) >= 11 is 5.70. The Morgan fingerprint density at radius 1 is 1.36 bits per heavy atom. The van der Waals surface area contributed by atoms with E-state index in [0.29, 0.717) is 22.2 Å². The fourth-order valence-electron chi connectivity index (χ4n) is 1.19. The maximum absolute atomic E-state index is 13.0. The summed E-state index contributed by atoms with van der Waals surface area (Å²) in [6.45, 7) is 0. The van der Waals surface area contributed by atoms with E-state index in [2.05, 4.69) is 9.97 Å². The Hall–Kier alpha value is -1.55. The molecule has 0 radical (unpaired) electrons. The van der Waals surface area contributed by atoms with Crippen LogP contribution in [-0.4, -0.2) is 9.97 Å². The zero-order chi connectivity index (χ0) is 10.1. The molecular formula is C9H7ClFN3. The molecule has 0 aliphatic rings. The molecular weight excluding hydrogens is 205 g/mol. The highest BCUT2D eigenvalue weighted by Gasteiger charge is 2.04. The zero-order valence-corrected chi connectivity index (χ0v) is 7.85. The molecule has 5 heteroatoms. The van der Waals surface area contributed by atoms with Crippen LogP contribution in [0.15, 0.2) is 24.4 Å². The van der Waals surface area contributed by atoms with Crippen LogP contribution >= 0.6 is 11.6 Å². The Bertz CT molecular complexity index is 447. The number of nitrogens with two attached hydrogens (primary N) is 1. The molecule has 2 aromatic rings. The number of imidazole rings is 1. The number of aromatic amines is 1. The minimum atomic E-state index is -0.388. The largest absolute Gasteiger partial charge is 0.369 e. The van der Waals surface area contributed by atoms with E-state index in [4.69, 9.17) is 17.3 Å². The molecule has 14 heavy (non-hydrogen) atoms. The lowest BCUT2D eigenvalue weighted by molar-refractivity contribution is 0.628. The van der Waals surface area contributed by atoms with Crippen LogP contribution in [-0.2, 0) is 0 Å². The number of hydrogen-bond donors (Lipinski definition) is 2. The maximum Gasteiger partial charge on any atom is 0.197 e. The van der Waals surface area contributed by atoms with Gasteiger partial charge < -0.3 is 10.7 Å². The first-order valence-corrected chi connectivity index (χ1v) is 4.30. The van der Waals surface area contributed by atoms with Crippen molar-refractivity contribution in [3.05, 3.63) is 35.2 Å². The van der Waals surface area contributed by atoms with Gasteiger partial charge in [-0.15, -0.1) is 0 Å². The third kappa shape index (κ3) is 1.70. The Morgan fingerprint density at radius 2 is 2.14 bits per heavy atom. The summed E-state index contributed by atoms with van der Waals surface area (Å²) in [5, 5.41) is 0.341. The minimum Gasteiger partial charge on any atom is -0.369 e. The smallest absolute Gasteiger partial charge is 0.197 e. The van der Waals surface area contributed by atoms with Crippen molar-refractivity contribution in [2.45, 2.75) is 0 Å². The fraction of sp³-hybridized carbons (Fsp3) is 0. The number of hydrogen-bond acceptors (Lipinski definition) is 2. The number of nitrogens with zero attached hydrogens (tertiary/aromatic N) is 1. The first-order chi connectivity index (χ1) is 6.65. The number of rotatable bonds is 1. The first-order valence-electron chi connectivity index (χ1n) is 3.92. The Kier molecular flexibility index (Phi) is 2.13. The summed E-state index contributed by atoms with van der Waals surface area (Å²) in [4.78, 5) is 6.60. The highest BCUT2D eigenvalue weighted by Crippen LogP contribution is 2.23. The zero-order valence-electron chi connectivity index (χ0n) is 7.09. The number of benzene rings is 1. The number of halogens is 2. The third-order valence-electron chi connectivity index (χ3n) is 1.77. The number of H-pyrrole nitrogens is 1. The van der Waals surface area contributed by atoms with Crippen LogP contribution in [0.3, 0.4) is 0 Å². The van der Waals surface area contributed by atoms with Crippen LogP contribution in [0, 0.1) is 5.82 Å². The molecule has 0 bridgehead atoms. The molecule has 0 unspecified atom stereocenters. The highest BCUT2D eigenvalue weighted by molar-refractivity contribution is 6.30. The molecule has 0 aliphatic carbocycles. The van der Waals surface area contributed by atoms with Crippen molar-refractivity contribution in [1.82, 2.24) is 9.97 Å². The lowest BCUT2D eigenvalue weighted by atomic mass is 10.2. The Balaban J connectivity index is 2.51. The summed E-state index contributed by atoms with van der Waals surface area (Å²) in [7, 11) is 0. The number of nitrogen functional groups attached to an aromatic ring is 1. The molecule has 1 heterocycles. The van der Waals surface area contributed by atoms with Gasteiger partial charge in [0.25, 0.3) is 0 Å². The van der Waals surface area contributed by atoms with E-state index in [9.17, 15) is 4.39 Å². The number of nitrogens with one attached hydrogen (secondary N) is 1. The summed E-state index contributed by atoms with van der Waals surface area (Å²) in [6, 6.07) is 4.24. The van der Waals surface area contributed by atoms with Gasteiger partial charge in [0, 0.05) is 10.6 Å². The Morgan fingerprint density at radius 3 is 2.71 bits per heavy atom. The molecule has 0 fully saturated rings. The molecule has 1 aromatic heterocycles. The number of anilines is 1. The van der Waals surface area contributed by atoms with Crippen molar-refractivity contribution in [3.8, 4) is 11.3 Å². The third-order valence-corrected chi connectivity index (χ3v) is 1.99. The lowest BCUT2D eigenvalue weighted by Gasteiger charge is -1.98. The van der Waals surface area contributed by atoms with Crippen LogP contribution in [0.4, 0.5) is 10.3 Å². The van der Waals surface area contributed by atoms with Crippen molar-refractivity contribution in [3.63, 3.8) is 0 Å². The van der Waals surface area contributed by atoms with E-state index >= 15 is 0 Å². The van der Waals surface area contributed by atoms with Crippen LogP contribution in [0.25, 0.3) is 11.3 Å². The minimum absolute atomic E-state index is 0.292. The predicted octanol–water partition coefficient (Wildman–Crippen LogP) is 2.45. The van der Waals surface area contributed by atoms with Crippen LogP contribution in [0.5, 0.6) is 0 Å². The van der Waals surface area contributed by atoms with Gasteiger partial charge in [0.05, 0.1) is 11.9 Å². The van der Waals surface area contributed by atoms with Crippen molar-refractivity contribution in [2.24, 2.45) is 0 Å². The van der Waals surface area contributed by atoms with Crippen molar-refractivity contribution >= 4 is 17.5 Å². The van der Waals surface area contributed by atoms with E-state index in [1.54, 1.807) is 6.07 Å². The lowest BCUT2D eigenvalue weighted by Crippen LogP contribution is -1.86. The molecule has 1 aromatic carbocycles. The van der Waals surface area contributed by atoms with Crippen molar-refractivity contribution in [2.75, 3.05) is 5.73 Å². The van der Waals surface area contributed by atoms with Gasteiger partial charge in [-0.05, 0) is 18.2 Å². The summed E-state index contributed by atoms with van der Waals surface area (Å²) in [5.74, 6) is -0.0962. The Labute approximate surface area is 84.7 Å². The molecule has 3 nitrogen and oxygen atoms in total. The van der Waals surface area contributed by atoms with E-state index in [1.165, 1.54) is 18.3 Å². The van der Waals surface area contributed by atoms with Gasteiger partial charge in [0.15, 0.2) is 5.95 Å². The van der Waals surface area contributed by atoms with E-state index in [0.717, 1.165) is 0 Å². The molecule has 2 rings (SSSR count). The second-order valence-corrected chi connectivity index (χ2v) is 3.28. The average molecular weight is 212 g/mol. The average Bonchev–Trinajstić information content (AvgIpc) is 2.50. The fourth-order valence-corrected chi connectivity index (χ4v) is 1.41. The molecule has 0 aliphatic heterocycles. The van der Waals surface area contributed by atoms with Crippen LogP contribution in [0.2, 0.25) is 5.02 Å². The topological polar surface area (TPSA) is 54.7 Å². The molecule has 0 spiro atoms. The second-order valence-electron chi connectivity index (χ2n) is 2.84. The van der Waals surface area contributed by atoms with Crippen molar-refractivity contribution < 1.29 is 4.39 Å². The van der Waals surface area contributed by atoms with Gasteiger partial charge in [0.1, 0.15) is 5.82 Å². The standard InChI is InChI=1S/C9H7ClFN3/c10-6-1-5(2-7(11)3-6)8-4-13-9(12)14-8/h1-4H,(H3,12,13,14). The second kappa shape index (κ2) is 3.31. The molecule has 72 valence electrons. The number of aromatic nitrogens is 2. The van der Waals surface area contributed by atoms with Crippen molar-refractivity contribution in [1.29, 1.82) is 0 Å². The van der Waals surface area contributed by atoms with Gasteiger partial charge in [0.2, 0.25) is 0 Å². The van der Waals surface area contributed by atoms with E-state index < -0.39 is 0 Å². The van der Waals surface area contributed by atoms with Gasteiger partial charge in [-0.25, -0.2) is 9.37 Å². The first kappa shape index (κ1) is 9.02. The highest BCUT2D eigenvalue weighted by atomic mass is 35.5. The van der Waals surface area contributed by atoms with E-state index in [-0.39, 0.29) is 5.82 Å². The summed E-state index contributed by atoms with van der Waals surface area (Å²) < 4.78 is 13.0. The molecule has 0 saturated heterocycles. The summed E-state index contributed by atoms with van der Waals surface area (Å²) in [6.07, 6.45) is 1.53. The van der Waals surface area contributed by atoms with Crippen LogP contribution < -0.4 is 5.73 Å². The normalized spacial score (nSPS) is 10.4. The predicted molar refractivity (Wildman–Crippen MR) is 53.4 cm³/mol.